The van der Waals surface area contributed by atoms with Gasteiger partial charge in [-0.05, 0) is 36.8 Å². The van der Waals surface area contributed by atoms with E-state index in [1.165, 1.54) is 4.90 Å². The highest BCUT2D eigenvalue weighted by Crippen LogP contribution is 2.27. The lowest BCUT2D eigenvalue weighted by Gasteiger charge is -2.35. The molecule has 0 radical (unpaired) electrons. The number of alkyl halides is 2. The molecule has 2 heterocycles. The van der Waals surface area contributed by atoms with E-state index >= 15 is 0 Å². The number of hydrogen-bond acceptors (Lipinski definition) is 7. The quantitative estimate of drug-likeness (QED) is 0.269. The van der Waals surface area contributed by atoms with E-state index in [-0.39, 0.29) is 32.6 Å². The van der Waals surface area contributed by atoms with Gasteiger partial charge in [0.05, 0.1) is 13.1 Å². The summed E-state index contributed by atoms with van der Waals surface area (Å²) in [7, 11) is 0. The zero-order valence-corrected chi connectivity index (χ0v) is 22.5. The lowest BCUT2D eigenvalue weighted by atomic mass is 9.94. The summed E-state index contributed by atoms with van der Waals surface area (Å²) < 4.78 is 38.6. The Morgan fingerprint density at radius 1 is 0.780 bits per heavy atom. The van der Waals surface area contributed by atoms with Crippen molar-refractivity contribution in [1.29, 1.82) is 0 Å². The number of nitrogens with one attached hydrogen (secondary N) is 1. The van der Waals surface area contributed by atoms with E-state index in [4.69, 9.17) is 20.4 Å². The molecule has 0 saturated carbocycles. The summed E-state index contributed by atoms with van der Waals surface area (Å²) in [6.07, 6.45) is -0.668. The molecular formula is C28H34F2N4O7. The Hall–Kier alpha value is -4.26. The molecule has 11 nitrogen and oxygen atoms in total. The molecular weight excluding hydrogens is 542 g/mol. The molecule has 2 atom stereocenters. The molecule has 2 unspecified atom stereocenters. The first-order chi connectivity index (χ1) is 19.6. The highest BCUT2D eigenvalue weighted by atomic mass is 19.1. The van der Waals surface area contributed by atoms with Crippen LogP contribution in [-0.2, 0) is 32.3 Å². The number of halogens is 2. The van der Waals surface area contributed by atoms with Crippen molar-refractivity contribution in [2.45, 2.75) is 50.2 Å². The van der Waals surface area contributed by atoms with Crippen molar-refractivity contribution in [2.24, 2.45) is 5.84 Å². The Kier molecular flexibility index (Phi) is 11.0. The van der Waals surface area contributed by atoms with Gasteiger partial charge in [-0.15, -0.1) is 0 Å². The molecule has 2 aromatic rings. The fourth-order valence-electron chi connectivity index (χ4n) is 4.44. The maximum atomic E-state index is 14.4. The van der Waals surface area contributed by atoms with Crippen LogP contribution in [-0.4, -0.2) is 76.5 Å². The van der Waals surface area contributed by atoms with Crippen molar-refractivity contribution < 1.29 is 42.5 Å². The number of likely N-dealkylation sites (tertiary alicyclic amines) is 2. The van der Waals surface area contributed by atoms with Crippen LogP contribution in [0.15, 0.2) is 60.7 Å². The molecule has 13 heteroatoms. The fraction of sp³-hybridized carbons (Fsp3) is 0.429. The van der Waals surface area contributed by atoms with Gasteiger partial charge in [-0.1, -0.05) is 60.7 Å². The number of carbonyl (C=O) groups excluding carboxylic acids is 3. The molecule has 41 heavy (non-hydrogen) atoms. The van der Waals surface area contributed by atoms with E-state index in [1.807, 2.05) is 48.5 Å². The van der Waals surface area contributed by atoms with Gasteiger partial charge in [0.15, 0.2) is 0 Å². The maximum absolute atomic E-state index is 14.4. The predicted octanol–water partition coefficient (Wildman–Crippen LogP) is 3.33. The summed E-state index contributed by atoms with van der Waals surface area (Å²) >= 11 is 0. The second kappa shape index (κ2) is 14.4. The van der Waals surface area contributed by atoms with Gasteiger partial charge in [0, 0.05) is 13.1 Å². The molecule has 0 bridgehead atoms. The number of carbonyl (C=O) groups is 4. The summed E-state index contributed by atoms with van der Waals surface area (Å²) in [5.41, 5.74) is -1.06. The third-order valence-corrected chi connectivity index (χ3v) is 6.73. The molecule has 4 N–H and O–H groups in total. The van der Waals surface area contributed by atoms with Gasteiger partial charge in [0.2, 0.25) is 11.3 Å². The SMILES string of the molecule is NNC(=O)C1(F)CCCN(C(=O)OCc2ccccc2)C1.O=C(OCc1ccccc1)N1CCCC(F)(C(=O)O)C1. The summed E-state index contributed by atoms with van der Waals surface area (Å²) in [4.78, 5) is 48.4. The minimum Gasteiger partial charge on any atom is -0.479 e. The van der Waals surface area contributed by atoms with Crippen LogP contribution in [0.4, 0.5) is 18.4 Å². The van der Waals surface area contributed by atoms with Gasteiger partial charge in [0.25, 0.3) is 5.91 Å². The summed E-state index contributed by atoms with van der Waals surface area (Å²) in [6, 6.07) is 18.3. The van der Waals surface area contributed by atoms with E-state index in [0.717, 1.165) is 16.0 Å². The molecule has 2 aromatic carbocycles. The molecule has 3 amide bonds. The summed E-state index contributed by atoms with van der Waals surface area (Å²) in [6.45, 7) is 0.0599. The number of aliphatic carboxylic acids is 1. The number of carboxylic acid groups (broad SMARTS) is 1. The van der Waals surface area contributed by atoms with Gasteiger partial charge in [-0.2, -0.15) is 0 Å². The van der Waals surface area contributed by atoms with Crippen molar-refractivity contribution in [3.63, 3.8) is 0 Å². The van der Waals surface area contributed by atoms with Gasteiger partial charge in [-0.3, -0.25) is 10.2 Å². The van der Waals surface area contributed by atoms with E-state index < -0.39 is 41.9 Å². The molecule has 0 aromatic heterocycles. The van der Waals surface area contributed by atoms with Crippen LogP contribution in [0.2, 0.25) is 0 Å². The van der Waals surface area contributed by atoms with Crippen LogP contribution >= 0.6 is 0 Å². The third-order valence-electron chi connectivity index (χ3n) is 6.73. The number of piperidine rings is 2. The monoisotopic (exact) mass is 576 g/mol. The minimum atomic E-state index is -2.37. The zero-order chi connectivity index (χ0) is 29.9. The summed E-state index contributed by atoms with van der Waals surface area (Å²) in [5, 5.41) is 8.85. The maximum Gasteiger partial charge on any atom is 0.410 e. The van der Waals surface area contributed by atoms with Crippen LogP contribution in [0.25, 0.3) is 0 Å². The van der Waals surface area contributed by atoms with E-state index in [9.17, 15) is 28.0 Å². The molecule has 4 rings (SSSR count). The van der Waals surface area contributed by atoms with Crippen molar-refractivity contribution in [1.82, 2.24) is 15.2 Å². The number of ether oxygens (including phenoxy) is 2. The van der Waals surface area contributed by atoms with Crippen molar-refractivity contribution in [3.05, 3.63) is 71.8 Å². The van der Waals surface area contributed by atoms with Gasteiger partial charge in [-0.25, -0.2) is 29.0 Å². The molecule has 0 spiro atoms. The number of amides is 3. The smallest absolute Gasteiger partial charge is 0.410 e. The van der Waals surface area contributed by atoms with Crippen molar-refractivity contribution in [3.8, 4) is 0 Å². The molecule has 222 valence electrons. The average Bonchev–Trinajstić information content (AvgIpc) is 2.99. The lowest BCUT2D eigenvalue weighted by Crippen LogP contribution is -2.57. The Balaban J connectivity index is 0.000000226. The van der Waals surface area contributed by atoms with Crippen LogP contribution < -0.4 is 11.3 Å². The van der Waals surface area contributed by atoms with Gasteiger partial charge < -0.3 is 24.4 Å². The Morgan fingerprint density at radius 3 is 1.61 bits per heavy atom. The number of hydrazine groups is 1. The molecule has 2 fully saturated rings. The van der Waals surface area contributed by atoms with Crippen LogP contribution in [0.5, 0.6) is 0 Å². The van der Waals surface area contributed by atoms with Crippen LogP contribution in [0.1, 0.15) is 36.8 Å². The fourth-order valence-corrected chi connectivity index (χ4v) is 4.44. The predicted molar refractivity (Wildman–Crippen MR) is 143 cm³/mol. The van der Waals surface area contributed by atoms with E-state index in [1.54, 1.807) is 17.6 Å². The Morgan fingerprint density at radius 2 is 1.20 bits per heavy atom. The van der Waals surface area contributed by atoms with Crippen molar-refractivity contribution >= 4 is 24.1 Å². The molecule has 2 aliphatic rings. The third kappa shape index (κ3) is 8.87. The molecule has 0 aliphatic carbocycles. The standard InChI is InChI=1S/C14H18FN3O3.C14H16FNO4/c15-14(12(19)17-16)7-4-8-18(10-14)13(20)21-9-11-5-2-1-3-6-11;15-14(12(17)18)7-4-8-16(10-14)13(19)20-9-11-5-2-1-3-6-11/h1-3,5-6H,4,7-10,16H2,(H,17,19);1-3,5-6H,4,7-10H2,(H,17,18). The summed E-state index contributed by atoms with van der Waals surface area (Å²) in [5.74, 6) is 2.53. The normalized spacial score (nSPS) is 22.0. The van der Waals surface area contributed by atoms with Gasteiger partial charge in [0.1, 0.15) is 13.2 Å². The largest absolute Gasteiger partial charge is 0.479 e. The highest BCUT2D eigenvalue weighted by Gasteiger charge is 2.45. The zero-order valence-electron chi connectivity index (χ0n) is 22.5. The number of carboxylic acids is 1. The number of hydrogen-bond donors (Lipinski definition) is 3. The van der Waals surface area contributed by atoms with E-state index in [0.29, 0.717) is 25.9 Å². The topological polar surface area (TPSA) is 152 Å². The minimum absolute atomic E-state index is 0.0402. The number of nitrogens with zero attached hydrogens (tertiary/aromatic N) is 2. The van der Waals surface area contributed by atoms with E-state index in [2.05, 4.69) is 0 Å². The Labute approximate surface area is 236 Å². The first-order valence-electron chi connectivity index (χ1n) is 13.1. The van der Waals surface area contributed by atoms with Crippen molar-refractivity contribution in [2.75, 3.05) is 26.2 Å². The second-order valence-corrected chi connectivity index (χ2v) is 9.84. The highest BCUT2D eigenvalue weighted by molar-refractivity contribution is 5.85. The lowest BCUT2D eigenvalue weighted by molar-refractivity contribution is -0.154. The number of nitrogens with two attached hydrogens (primary N) is 1. The number of benzene rings is 2. The number of rotatable bonds is 6. The molecule has 2 saturated heterocycles. The Bertz CT molecular complexity index is 1190. The first-order valence-corrected chi connectivity index (χ1v) is 13.1. The first kappa shape index (κ1) is 31.3. The van der Waals surface area contributed by atoms with Gasteiger partial charge >= 0.3 is 18.2 Å². The average molecular weight is 577 g/mol. The van der Waals surface area contributed by atoms with Crippen LogP contribution in [0, 0.1) is 0 Å². The molecule has 2 aliphatic heterocycles. The van der Waals surface area contributed by atoms with Crippen LogP contribution in [0.3, 0.4) is 0 Å². The second-order valence-electron chi connectivity index (χ2n) is 9.84.